The quantitative estimate of drug-likeness (QED) is 0.0627. The summed E-state index contributed by atoms with van der Waals surface area (Å²) in [4.78, 5) is 12.0. The molecule has 0 aromatic heterocycles. The molecule has 0 aliphatic heterocycles. The molecule has 2 nitrogen and oxygen atoms in total. The first-order chi connectivity index (χ1) is 20.3. The molecule has 0 spiro atoms. The van der Waals surface area contributed by atoms with E-state index in [4.69, 9.17) is 4.74 Å². The van der Waals surface area contributed by atoms with Crippen LogP contribution in [0.2, 0.25) is 0 Å². The first-order valence-corrected chi connectivity index (χ1v) is 16.4. The first-order valence-electron chi connectivity index (χ1n) is 16.4. The second kappa shape index (κ2) is 23.7. The summed E-state index contributed by atoms with van der Waals surface area (Å²) in [5.41, 5.74) is 5.59. The zero-order valence-corrected chi connectivity index (χ0v) is 27.8. The van der Waals surface area contributed by atoms with Gasteiger partial charge in [0, 0.05) is 6.42 Å². The topological polar surface area (TPSA) is 26.3 Å². The summed E-state index contributed by atoms with van der Waals surface area (Å²) in [5.74, 6) is -0.130. The molecule has 232 valence electrons. The molecule has 42 heavy (non-hydrogen) atoms. The number of unbranched alkanes of at least 4 members (excludes halogenated alkanes) is 4. The minimum absolute atomic E-state index is 0.130. The highest BCUT2D eigenvalue weighted by atomic mass is 16.5. The maximum atomic E-state index is 12.0. The van der Waals surface area contributed by atoms with Crippen LogP contribution in [0.4, 0.5) is 0 Å². The van der Waals surface area contributed by atoms with Crippen LogP contribution in [0.15, 0.2) is 107 Å². The lowest BCUT2D eigenvalue weighted by molar-refractivity contribution is -0.142. The SMILES string of the molecule is CCCCC/C=C\C/C=C\C/C=C\C/C=C\CCCC(=O)OC/C=C(C)/C=C/C=C(C)/C=C/C1=C(C)CCCC1(C)C. The molecule has 0 radical (unpaired) electrons. The molecule has 2 heteroatoms. The molecule has 0 amide bonds. The number of hydrogen-bond acceptors (Lipinski definition) is 2. The Labute approximate surface area is 259 Å². The van der Waals surface area contributed by atoms with E-state index in [1.54, 1.807) is 0 Å². The van der Waals surface area contributed by atoms with Crippen molar-refractivity contribution in [2.45, 2.75) is 125 Å². The van der Waals surface area contributed by atoms with Crippen LogP contribution >= 0.6 is 0 Å². The number of hydrogen-bond donors (Lipinski definition) is 0. The van der Waals surface area contributed by atoms with Crippen LogP contribution in [0.25, 0.3) is 0 Å². The van der Waals surface area contributed by atoms with Crippen LogP contribution in [-0.2, 0) is 9.53 Å². The minimum Gasteiger partial charge on any atom is -0.461 e. The van der Waals surface area contributed by atoms with Crippen LogP contribution in [0.3, 0.4) is 0 Å². The fraction of sp³-hybridized carbons (Fsp3) is 0.525. The van der Waals surface area contributed by atoms with Gasteiger partial charge in [-0.15, -0.1) is 0 Å². The molecule has 1 aliphatic rings. The van der Waals surface area contributed by atoms with E-state index in [0.29, 0.717) is 13.0 Å². The molecular formula is C40H60O2. The number of ether oxygens (including phenoxy) is 1. The van der Waals surface area contributed by atoms with Crippen LogP contribution in [-0.4, -0.2) is 12.6 Å². The van der Waals surface area contributed by atoms with Gasteiger partial charge in [-0.3, -0.25) is 4.79 Å². The molecule has 0 heterocycles. The highest BCUT2D eigenvalue weighted by Crippen LogP contribution is 2.40. The molecule has 0 saturated heterocycles. The van der Waals surface area contributed by atoms with Gasteiger partial charge in [0.25, 0.3) is 0 Å². The largest absolute Gasteiger partial charge is 0.461 e. The maximum Gasteiger partial charge on any atom is 0.306 e. The number of allylic oxidation sites excluding steroid dienone is 17. The predicted molar refractivity (Wildman–Crippen MR) is 185 cm³/mol. The highest BCUT2D eigenvalue weighted by Gasteiger charge is 2.26. The summed E-state index contributed by atoms with van der Waals surface area (Å²) in [7, 11) is 0. The normalized spacial score (nSPS) is 17.0. The lowest BCUT2D eigenvalue weighted by Gasteiger charge is -2.32. The first kappa shape index (κ1) is 37.2. The molecule has 0 aromatic carbocycles. The summed E-state index contributed by atoms with van der Waals surface area (Å²) in [5, 5.41) is 0. The van der Waals surface area contributed by atoms with E-state index in [1.807, 2.05) is 13.0 Å². The summed E-state index contributed by atoms with van der Waals surface area (Å²) in [6.45, 7) is 13.7. The van der Waals surface area contributed by atoms with E-state index in [1.165, 1.54) is 61.7 Å². The minimum atomic E-state index is -0.130. The van der Waals surface area contributed by atoms with Crippen molar-refractivity contribution in [2.75, 3.05) is 6.61 Å². The van der Waals surface area contributed by atoms with Crippen molar-refractivity contribution in [1.82, 2.24) is 0 Å². The Morgan fingerprint density at radius 1 is 0.833 bits per heavy atom. The van der Waals surface area contributed by atoms with Crippen LogP contribution < -0.4 is 0 Å². The van der Waals surface area contributed by atoms with E-state index in [-0.39, 0.29) is 11.4 Å². The Balaban J connectivity index is 2.17. The van der Waals surface area contributed by atoms with E-state index in [2.05, 4.69) is 114 Å². The Hall–Kier alpha value is -2.87. The molecule has 0 bridgehead atoms. The van der Waals surface area contributed by atoms with E-state index >= 15 is 0 Å². The third-order valence-electron chi connectivity index (χ3n) is 7.63. The summed E-state index contributed by atoms with van der Waals surface area (Å²) >= 11 is 0. The van der Waals surface area contributed by atoms with Gasteiger partial charge in [0.1, 0.15) is 6.61 Å². The average molecular weight is 573 g/mol. The molecule has 0 N–H and O–H groups in total. The monoisotopic (exact) mass is 572 g/mol. The second-order valence-electron chi connectivity index (χ2n) is 12.1. The molecule has 0 aromatic rings. The van der Waals surface area contributed by atoms with Crippen molar-refractivity contribution in [1.29, 1.82) is 0 Å². The standard InChI is InChI=1S/C40H60O2/c1-7-8-9-10-11-12-13-14-15-16-17-18-19-20-21-22-23-29-39(41)42-34-32-36(3)27-24-26-35(2)30-31-38-37(4)28-25-33-40(38,5)6/h11-12,14-15,17-18,20-21,24,26-27,30-32H,7-10,13,16,19,22-23,25,28-29,33-34H2,1-6H3/b12-11-,15-14-,18-17-,21-20-,27-24+,31-30+,35-26+,36-32+. The zero-order chi connectivity index (χ0) is 30.9. The van der Waals surface area contributed by atoms with Gasteiger partial charge in [-0.2, -0.15) is 0 Å². The maximum absolute atomic E-state index is 12.0. The lowest BCUT2D eigenvalue weighted by Crippen LogP contribution is -2.19. The Morgan fingerprint density at radius 3 is 2.07 bits per heavy atom. The van der Waals surface area contributed by atoms with Crippen molar-refractivity contribution in [3.8, 4) is 0 Å². The number of carbonyl (C=O) groups excluding carboxylic acids is 1. The zero-order valence-electron chi connectivity index (χ0n) is 27.8. The average Bonchev–Trinajstić information content (AvgIpc) is 2.94. The number of esters is 1. The van der Waals surface area contributed by atoms with Crippen molar-refractivity contribution in [3.05, 3.63) is 107 Å². The molecule has 0 unspecified atom stereocenters. The van der Waals surface area contributed by atoms with Crippen molar-refractivity contribution < 1.29 is 9.53 Å². The summed E-state index contributed by atoms with van der Waals surface area (Å²) < 4.78 is 5.38. The fourth-order valence-electron chi connectivity index (χ4n) is 4.96. The predicted octanol–water partition coefficient (Wildman–Crippen LogP) is 12.2. The molecular weight excluding hydrogens is 512 g/mol. The van der Waals surface area contributed by atoms with Crippen LogP contribution in [0.5, 0.6) is 0 Å². The molecule has 0 fully saturated rings. The van der Waals surface area contributed by atoms with Gasteiger partial charge in [-0.05, 0) is 102 Å². The molecule has 0 atom stereocenters. The van der Waals surface area contributed by atoms with Crippen molar-refractivity contribution in [2.24, 2.45) is 5.41 Å². The van der Waals surface area contributed by atoms with Gasteiger partial charge in [0.2, 0.25) is 0 Å². The van der Waals surface area contributed by atoms with Gasteiger partial charge in [0.05, 0.1) is 0 Å². The van der Waals surface area contributed by atoms with Crippen molar-refractivity contribution >= 4 is 5.97 Å². The number of rotatable bonds is 20. The third kappa shape index (κ3) is 19.3. The Bertz CT molecular complexity index is 1030. The van der Waals surface area contributed by atoms with Gasteiger partial charge in [-0.25, -0.2) is 0 Å². The number of carbonyl (C=O) groups is 1. The fourth-order valence-corrected chi connectivity index (χ4v) is 4.96. The summed E-state index contributed by atoms with van der Waals surface area (Å²) in [6, 6.07) is 0. The smallest absolute Gasteiger partial charge is 0.306 e. The van der Waals surface area contributed by atoms with Crippen LogP contribution in [0.1, 0.15) is 125 Å². The van der Waals surface area contributed by atoms with Crippen molar-refractivity contribution in [3.63, 3.8) is 0 Å². The highest BCUT2D eigenvalue weighted by molar-refractivity contribution is 5.69. The Morgan fingerprint density at radius 2 is 1.45 bits per heavy atom. The van der Waals surface area contributed by atoms with E-state index < -0.39 is 0 Å². The second-order valence-corrected chi connectivity index (χ2v) is 12.1. The van der Waals surface area contributed by atoms with Gasteiger partial charge < -0.3 is 4.74 Å². The van der Waals surface area contributed by atoms with E-state index in [9.17, 15) is 4.79 Å². The lowest BCUT2D eigenvalue weighted by atomic mass is 9.72. The van der Waals surface area contributed by atoms with Gasteiger partial charge in [-0.1, -0.05) is 129 Å². The Kier molecular flexibility index (Phi) is 20.9. The van der Waals surface area contributed by atoms with Gasteiger partial charge >= 0.3 is 5.97 Å². The van der Waals surface area contributed by atoms with Crippen LogP contribution in [0, 0.1) is 5.41 Å². The van der Waals surface area contributed by atoms with Gasteiger partial charge in [0.15, 0.2) is 0 Å². The summed E-state index contributed by atoms with van der Waals surface area (Å²) in [6.07, 6.45) is 44.5. The molecule has 1 aliphatic carbocycles. The molecule has 0 saturated carbocycles. The third-order valence-corrected chi connectivity index (χ3v) is 7.63. The molecule has 1 rings (SSSR count). The van der Waals surface area contributed by atoms with E-state index in [0.717, 1.165) is 37.7 Å².